The fourth-order valence-electron chi connectivity index (χ4n) is 1.18. The SMILES string of the molecule is CC(C)(C)/N=C/c1c(F)cc(S(=O)(=O)O)nc1S(=O)(=O)O. The fourth-order valence-corrected chi connectivity index (χ4v) is 2.34. The van der Waals surface area contributed by atoms with Gasteiger partial charge in [-0.2, -0.15) is 16.8 Å². The Hall–Kier alpha value is -1.43. The lowest BCUT2D eigenvalue weighted by atomic mass is 10.1. The van der Waals surface area contributed by atoms with Crippen LogP contribution in [0.4, 0.5) is 4.39 Å². The van der Waals surface area contributed by atoms with Crippen LogP contribution in [0.3, 0.4) is 0 Å². The molecule has 118 valence electrons. The second kappa shape index (κ2) is 5.40. The molecular formula is C10H13FN2O6S2. The van der Waals surface area contributed by atoms with E-state index in [4.69, 9.17) is 9.11 Å². The van der Waals surface area contributed by atoms with Gasteiger partial charge in [-0.25, -0.2) is 9.37 Å². The third-order valence-corrected chi connectivity index (χ3v) is 3.58. The van der Waals surface area contributed by atoms with Crippen LogP contribution < -0.4 is 0 Å². The van der Waals surface area contributed by atoms with E-state index in [0.29, 0.717) is 6.07 Å². The van der Waals surface area contributed by atoms with Crippen LogP contribution in [0.1, 0.15) is 26.3 Å². The first-order chi connectivity index (χ1) is 9.22. The summed E-state index contributed by atoms with van der Waals surface area (Å²) in [5.41, 5.74) is -1.38. The number of halogens is 1. The van der Waals surface area contributed by atoms with Crippen molar-refractivity contribution < 1.29 is 30.3 Å². The van der Waals surface area contributed by atoms with Gasteiger partial charge >= 0.3 is 20.2 Å². The monoisotopic (exact) mass is 340 g/mol. The predicted molar refractivity (Wildman–Crippen MR) is 71.2 cm³/mol. The van der Waals surface area contributed by atoms with E-state index in [1.54, 1.807) is 20.8 Å². The van der Waals surface area contributed by atoms with Crippen molar-refractivity contribution in [3.63, 3.8) is 0 Å². The molecule has 8 nitrogen and oxygen atoms in total. The minimum Gasteiger partial charge on any atom is -0.287 e. The molecule has 0 atom stereocenters. The number of pyridine rings is 1. The highest BCUT2D eigenvalue weighted by Gasteiger charge is 2.25. The summed E-state index contributed by atoms with van der Waals surface area (Å²) in [6.07, 6.45) is 0.819. The number of aromatic nitrogens is 1. The van der Waals surface area contributed by atoms with Crippen molar-refractivity contribution in [3.05, 3.63) is 17.4 Å². The molecule has 1 aromatic heterocycles. The zero-order valence-electron chi connectivity index (χ0n) is 11.3. The van der Waals surface area contributed by atoms with Crippen molar-refractivity contribution in [1.29, 1.82) is 0 Å². The van der Waals surface area contributed by atoms with Crippen LogP contribution in [0.15, 0.2) is 21.1 Å². The molecule has 0 aromatic carbocycles. The second-order valence-electron chi connectivity index (χ2n) is 5.04. The standard InChI is InChI=1S/C10H13FN2O6S2/c1-10(2,3)12-5-6-7(11)4-8(20(14,15)16)13-9(6)21(17,18)19/h4-5H,1-3H3,(H,14,15,16)(H,17,18,19)/b12-5+. The van der Waals surface area contributed by atoms with E-state index < -0.39 is 47.2 Å². The van der Waals surface area contributed by atoms with Gasteiger partial charge in [0.05, 0.1) is 11.1 Å². The smallest absolute Gasteiger partial charge is 0.287 e. The summed E-state index contributed by atoms with van der Waals surface area (Å²) in [5.74, 6) is -1.32. The average molecular weight is 340 g/mol. The Morgan fingerprint density at radius 3 is 2.10 bits per heavy atom. The van der Waals surface area contributed by atoms with E-state index in [1.165, 1.54) is 0 Å². The Morgan fingerprint density at radius 1 is 1.19 bits per heavy atom. The van der Waals surface area contributed by atoms with E-state index >= 15 is 0 Å². The number of rotatable bonds is 3. The van der Waals surface area contributed by atoms with E-state index in [-0.39, 0.29) is 0 Å². The minimum absolute atomic E-state index is 0.327. The first-order valence-electron chi connectivity index (χ1n) is 5.42. The third kappa shape index (κ3) is 4.81. The Bertz CT molecular complexity index is 794. The molecular weight excluding hydrogens is 327 g/mol. The van der Waals surface area contributed by atoms with Gasteiger partial charge in [0.25, 0.3) is 0 Å². The molecule has 0 aliphatic carbocycles. The van der Waals surface area contributed by atoms with E-state index in [2.05, 4.69) is 9.98 Å². The van der Waals surface area contributed by atoms with Gasteiger partial charge in [-0.15, -0.1) is 0 Å². The van der Waals surface area contributed by atoms with Crippen molar-refractivity contribution in [2.45, 2.75) is 36.4 Å². The van der Waals surface area contributed by atoms with Crippen molar-refractivity contribution in [2.24, 2.45) is 4.99 Å². The van der Waals surface area contributed by atoms with Crippen LogP contribution >= 0.6 is 0 Å². The third-order valence-electron chi connectivity index (χ3n) is 2.04. The molecule has 0 radical (unpaired) electrons. The first kappa shape index (κ1) is 17.6. The molecule has 1 aromatic rings. The largest absolute Gasteiger partial charge is 0.312 e. The summed E-state index contributed by atoms with van der Waals surface area (Å²) in [6, 6.07) is 0.327. The summed E-state index contributed by atoms with van der Waals surface area (Å²) in [6.45, 7) is 4.94. The quantitative estimate of drug-likeness (QED) is 0.617. The van der Waals surface area contributed by atoms with Crippen molar-refractivity contribution >= 4 is 26.5 Å². The first-order valence-corrected chi connectivity index (χ1v) is 8.30. The van der Waals surface area contributed by atoms with Crippen molar-refractivity contribution in [3.8, 4) is 0 Å². The molecule has 1 heterocycles. The molecule has 0 fully saturated rings. The van der Waals surface area contributed by atoms with Gasteiger partial charge < -0.3 is 0 Å². The van der Waals surface area contributed by atoms with Crippen LogP contribution in [-0.4, -0.2) is 42.7 Å². The van der Waals surface area contributed by atoms with Crippen molar-refractivity contribution in [1.82, 2.24) is 4.98 Å². The average Bonchev–Trinajstić information content (AvgIpc) is 2.22. The lowest BCUT2D eigenvalue weighted by Crippen LogP contribution is -2.15. The van der Waals surface area contributed by atoms with Gasteiger partial charge in [-0.1, -0.05) is 0 Å². The molecule has 0 spiro atoms. The lowest BCUT2D eigenvalue weighted by Gasteiger charge is -2.12. The van der Waals surface area contributed by atoms with Gasteiger partial charge in [0.15, 0.2) is 10.1 Å². The molecule has 0 aliphatic heterocycles. The Kier molecular flexibility index (Phi) is 4.53. The molecule has 0 saturated heterocycles. The minimum atomic E-state index is -5.02. The highest BCUT2D eigenvalue weighted by Crippen LogP contribution is 2.20. The van der Waals surface area contributed by atoms with Crippen LogP contribution in [0, 0.1) is 5.82 Å². The summed E-state index contributed by atoms with van der Waals surface area (Å²) in [7, 11) is -9.96. The molecule has 21 heavy (non-hydrogen) atoms. The molecule has 0 unspecified atom stereocenters. The van der Waals surface area contributed by atoms with E-state index in [0.717, 1.165) is 6.21 Å². The Balaban J connectivity index is 3.70. The van der Waals surface area contributed by atoms with Crippen LogP contribution in [0.5, 0.6) is 0 Å². The zero-order valence-corrected chi connectivity index (χ0v) is 12.9. The van der Waals surface area contributed by atoms with Gasteiger partial charge in [0, 0.05) is 12.3 Å². The van der Waals surface area contributed by atoms with Crippen LogP contribution in [0.2, 0.25) is 0 Å². The topological polar surface area (TPSA) is 134 Å². The summed E-state index contributed by atoms with van der Waals surface area (Å²) in [4.78, 5) is 6.93. The molecule has 11 heteroatoms. The number of hydrogen-bond donors (Lipinski definition) is 2. The van der Waals surface area contributed by atoms with Gasteiger partial charge in [0.2, 0.25) is 0 Å². The van der Waals surface area contributed by atoms with Crippen molar-refractivity contribution in [2.75, 3.05) is 0 Å². The molecule has 0 aliphatic rings. The molecule has 1 rings (SSSR count). The number of hydrogen-bond acceptors (Lipinski definition) is 6. The maximum atomic E-state index is 13.9. The normalized spacial score (nSPS) is 13.8. The highest BCUT2D eigenvalue weighted by atomic mass is 32.2. The zero-order chi connectivity index (χ0) is 16.6. The van der Waals surface area contributed by atoms with Crippen LogP contribution in [0.25, 0.3) is 0 Å². The molecule has 2 N–H and O–H groups in total. The molecule has 0 saturated carbocycles. The van der Waals surface area contributed by atoms with Gasteiger partial charge in [0.1, 0.15) is 5.82 Å². The van der Waals surface area contributed by atoms with Crippen LogP contribution in [-0.2, 0) is 20.2 Å². The fraction of sp³-hybridized carbons (Fsp3) is 0.400. The molecule has 0 amide bonds. The molecule has 0 bridgehead atoms. The number of nitrogens with zero attached hydrogens (tertiary/aromatic N) is 2. The predicted octanol–water partition coefficient (Wildman–Crippen LogP) is 0.932. The van der Waals surface area contributed by atoms with E-state index in [9.17, 15) is 21.2 Å². The Labute approximate surface area is 121 Å². The number of aliphatic imine (C=N–C) groups is 1. The summed E-state index contributed by atoms with van der Waals surface area (Å²) in [5, 5.41) is -2.48. The van der Waals surface area contributed by atoms with Gasteiger partial charge in [-0.05, 0) is 20.8 Å². The second-order valence-corrected chi connectivity index (χ2v) is 7.75. The summed E-state index contributed by atoms with van der Waals surface area (Å²) >= 11 is 0. The summed E-state index contributed by atoms with van der Waals surface area (Å²) < 4.78 is 75.9. The van der Waals surface area contributed by atoms with E-state index in [1.807, 2.05) is 0 Å². The lowest BCUT2D eigenvalue weighted by molar-refractivity contribution is 0.467. The Morgan fingerprint density at radius 2 is 1.71 bits per heavy atom. The highest BCUT2D eigenvalue weighted by molar-refractivity contribution is 7.86. The maximum Gasteiger partial charge on any atom is 0.312 e. The van der Waals surface area contributed by atoms with Gasteiger partial charge in [-0.3, -0.25) is 14.1 Å². The maximum absolute atomic E-state index is 13.9.